The van der Waals surface area contributed by atoms with Gasteiger partial charge in [-0.15, -0.1) is 0 Å². The number of aromatic nitrogens is 1. The Morgan fingerprint density at radius 1 is 1.20 bits per heavy atom. The second-order valence-corrected chi connectivity index (χ2v) is 6.66. The van der Waals surface area contributed by atoms with Gasteiger partial charge in [-0.1, -0.05) is 41.1 Å². The SMILES string of the molecule is COc1ccccc1Nc1nc(C)c(C(=O)Nc2cccc(Cl)c2)s1. The Hall–Kier alpha value is -2.57. The van der Waals surface area contributed by atoms with Crippen LogP contribution in [0.5, 0.6) is 5.75 Å². The summed E-state index contributed by atoms with van der Waals surface area (Å²) in [5.41, 5.74) is 2.09. The van der Waals surface area contributed by atoms with Crippen LogP contribution in [0, 0.1) is 6.92 Å². The van der Waals surface area contributed by atoms with E-state index in [4.69, 9.17) is 16.3 Å². The zero-order valence-corrected chi connectivity index (χ0v) is 15.2. The molecule has 0 fully saturated rings. The van der Waals surface area contributed by atoms with Gasteiger partial charge in [-0.2, -0.15) is 0 Å². The van der Waals surface area contributed by atoms with E-state index in [9.17, 15) is 4.79 Å². The molecule has 0 atom stereocenters. The van der Waals surface area contributed by atoms with E-state index in [1.54, 1.807) is 38.3 Å². The molecule has 3 aromatic rings. The average Bonchev–Trinajstić information content (AvgIpc) is 2.96. The van der Waals surface area contributed by atoms with Crippen molar-refractivity contribution in [2.45, 2.75) is 6.92 Å². The van der Waals surface area contributed by atoms with Crippen LogP contribution in [0.15, 0.2) is 48.5 Å². The van der Waals surface area contributed by atoms with Crippen LogP contribution in [0.3, 0.4) is 0 Å². The van der Waals surface area contributed by atoms with Gasteiger partial charge in [-0.05, 0) is 37.3 Å². The molecule has 1 amide bonds. The molecule has 0 saturated heterocycles. The molecule has 7 heteroatoms. The average molecular weight is 374 g/mol. The van der Waals surface area contributed by atoms with Gasteiger partial charge in [-0.25, -0.2) is 4.98 Å². The summed E-state index contributed by atoms with van der Waals surface area (Å²) in [7, 11) is 1.61. The van der Waals surface area contributed by atoms with Crippen molar-refractivity contribution in [3.8, 4) is 5.75 Å². The molecule has 0 aliphatic rings. The summed E-state index contributed by atoms with van der Waals surface area (Å²) in [5.74, 6) is 0.491. The number of amides is 1. The summed E-state index contributed by atoms with van der Waals surface area (Å²) < 4.78 is 5.31. The predicted octanol–water partition coefficient (Wildman–Crippen LogP) is 5.11. The number of rotatable bonds is 5. The van der Waals surface area contributed by atoms with Gasteiger partial charge in [0.2, 0.25) is 0 Å². The second kappa shape index (κ2) is 7.55. The summed E-state index contributed by atoms with van der Waals surface area (Å²) >= 11 is 7.23. The molecule has 1 heterocycles. The highest BCUT2D eigenvalue weighted by Crippen LogP contribution is 2.31. The van der Waals surface area contributed by atoms with Crippen LogP contribution in [0.1, 0.15) is 15.4 Å². The van der Waals surface area contributed by atoms with E-state index in [-0.39, 0.29) is 5.91 Å². The first-order valence-electron chi connectivity index (χ1n) is 7.51. The van der Waals surface area contributed by atoms with Crippen LogP contribution < -0.4 is 15.4 Å². The molecule has 0 saturated carbocycles. The van der Waals surface area contributed by atoms with Crippen LogP contribution in [0.2, 0.25) is 5.02 Å². The number of carbonyl (C=O) groups is 1. The minimum absolute atomic E-state index is 0.217. The lowest BCUT2D eigenvalue weighted by atomic mass is 10.3. The molecule has 0 spiro atoms. The summed E-state index contributed by atoms with van der Waals surface area (Å²) in [4.78, 5) is 17.5. The Morgan fingerprint density at radius 3 is 2.76 bits per heavy atom. The van der Waals surface area contributed by atoms with E-state index >= 15 is 0 Å². The van der Waals surface area contributed by atoms with Gasteiger partial charge in [0, 0.05) is 10.7 Å². The van der Waals surface area contributed by atoms with Crippen molar-refractivity contribution in [2.24, 2.45) is 0 Å². The monoisotopic (exact) mass is 373 g/mol. The molecule has 3 rings (SSSR count). The van der Waals surface area contributed by atoms with Crippen molar-refractivity contribution in [3.05, 3.63) is 64.1 Å². The van der Waals surface area contributed by atoms with Gasteiger partial charge in [0.15, 0.2) is 5.13 Å². The maximum Gasteiger partial charge on any atom is 0.267 e. The number of hydrogen-bond acceptors (Lipinski definition) is 5. The first kappa shape index (κ1) is 17.3. The number of para-hydroxylation sites is 2. The largest absolute Gasteiger partial charge is 0.495 e. The Labute approximate surface area is 154 Å². The van der Waals surface area contributed by atoms with Crippen LogP contribution in [0.4, 0.5) is 16.5 Å². The third-order valence-electron chi connectivity index (χ3n) is 3.43. The fourth-order valence-electron chi connectivity index (χ4n) is 2.28. The standard InChI is InChI=1S/C18H16ClN3O2S/c1-11-16(17(23)21-13-7-5-6-12(19)10-13)25-18(20-11)22-14-8-3-4-9-15(14)24-2/h3-10H,1-2H3,(H,20,22)(H,21,23). The highest BCUT2D eigenvalue weighted by atomic mass is 35.5. The molecule has 0 aliphatic heterocycles. The Morgan fingerprint density at radius 2 is 2.00 bits per heavy atom. The number of nitrogens with one attached hydrogen (secondary N) is 2. The zero-order valence-electron chi connectivity index (χ0n) is 13.7. The summed E-state index contributed by atoms with van der Waals surface area (Å²) in [5, 5.41) is 7.22. The van der Waals surface area contributed by atoms with Gasteiger partial charge in [0.05, 0.1) is 18.5 Å². The molecule has 2 N–H and O–H groups in total. The Kier molecular flexibility index (Phi) is 5.21. The number of thiazole rings is 1. The van der Waals surface area contributed by atoms with E-state index in [2.05, 4.69) is 15.6 Å². The highest BCUT2D eigenvalue weighted by Gasteiger charge is 2.16. The van der Waals surface area contributed by atoms with Crippen molar-refractivity contribution in [1.29, 1.82) is 0 Å². The van der Waals surface area contributed by atoms with Crippen molar-refractivity contribution in [2.75, 3.05) is 17.7 Å². The van der Waals surface area contributed by atoms with Gasteiger partial charge in [0.25, 0.3) is 5.91 Å². The van der Waals surface area contributed by atoms with Crippen LogP contribution >= 0.6 is 22.9 Å². The number of halogens is 1. The fourth-order valence-corrected chi connectivity index (χ4v) is 3.34. The van der Waals surface area contributed by atoms with Gasteiger partial charge in [0.1, 0.15) is 10.6 Å². The van der Waals surface area contributed by atoms with Crippen LogP contribution in [0.25, 0.3) is 0 Å². The summed E-state index contributed by atoms with van der Waals surface area (Å²) in [6, 6.07) is 14.6. The lowest BCUT2D eigenvalue weighted by Crippen LogP contribution is -2.11. The molecular formula is C18H16ClN3O2S. The van der Waals surface area contributed by atoms with Crippen LogP contribution in [-0.2, 0) is 0 Å². The molecule has 0 bridgehead atoms. The summed E-state index contributed by atoms with van der Waals surface area (Å²) in [6.07, 6.45) is 0. The fraction of sp³-hybridized carbons (Fsp3) is 0.111. The molecule has 5 nitrogen and oxygen atoms in total. The highest BCUT2D eigenvalue weighted by molar-refractivity contribution is 7.17. The number of carbonyl (C=O) groups excluding carboxylic acids is 1. The molecule has 2 aromatic carbocycles. The molecule has 1 aromatic heterocycles. The minimum atomic E-state index is -0.217. The lowest BCUT2D eigenvalue weighted by Gasteiger charge is -2.08. The third kappa shape index (κ3) is 4.10. The minimum Gasteiger partial charge on any atom is -0.495 e. The predicted molar refractivity (Wildman–Crippen MR) is 103 cm³/mol. The zero-order chi connectivity index (χ0) is 17.8. The van der Waals surface area contributed by atoms with E-state index in [0.717, 1.165) is 5.69 Å². The number of benzene rings is 2. The van der Waals surface area contributed by atoms with E-state index in [0.29, 0.717) is 32.2 Å². The molecule has 128 valence electrons. The van der Waals surface area contributed by atoms with E-state index in [1.165, 1.54) is 11.3 Å². The number of hydrogen-bond donors (Lipinski definition) is 2. The quantitative estimate of drug-likeness (QED) is 0.652. The molecule has 0 unspecified atom stereocenters. The van der Waals surface area contributed by atoms with Crippen molar-refractivity contribution >= 4 is 45.4 Å². The number of aryl methyl sites for hydroxylation is 1. The van der Waals surface area contributed by atoms with Crippen molar-refractivity contribution in [1.82, 2.24) is 4.98 Å². The molecule has 25 heavy (non-hydrogen) atoms. The number of anilines is 3. The normalized spacial score (nSPS) is 10.4. The Bertz CT molecular complexity index is 911. The second-order valence-electron chi connectivity index (χ2n) is 5.22. The lowest BCUT2D eigenvalue weighted by molar-refractivity contribution is 0.103. The summed E-state index contributed by atoms with van der Waals surface area (Å²) in [6.45, 7) is 1.80. The van der Waals surface area contributed by atoms with Crippen molar-refractivity contribution < 1.29 is 9.53 Å². The molecular weight excluding hydrogens is 358 g/mol. The van der Waals surface area contributed by atoms with Gasteiger partial charge < -0.3 is 15.4 Å². The van der Waals surface area contributed by atoms with Gasteiger partial charge >= 0.3 is 0 Å². The Balaban J connectivity index is 1.79. The maximum atomic E-state index is 12.5. The van der Waals surface area contributed by atoms with Crippen molar-refractivity contribution in [3.63, 3.8) is 0 Å². The number of methoxy groups -OCH3 is 1. The first-order chi connectivity index (χ1) is 12.1. The molecule has 0 radical (unpaired) electrons. The van der Waals surface area contributed by atoms with Crippen LogP contribution in [-0.4, -0.2) is 18.0 Å². The molecule has 0 aliphatic carbocycles. The topological polar surface area (TPSA) is 63.2 Å². The number of ether oxygens (including phenoxy) is 1. The third-order valence-corrected chi connectivity index (χ3v) is 4.74. The van der Waals surface area contributed by atoms with E-state index in [1.807, 2.05) is 24.3 Å². The number of nitrogens with zero attached hydrogens (tertiary/aromatic N) is 1. The maximum absolute atomic E-state index is 12.5. The van der Waals surface area contributed by atoms with Gasteiger partial charge in [-0.3, -0.25) is 4.79 Å². The smallest absolute Gasteiger partial charge is 0.267 e. The van der Waals surface area contributed by atoms with E-state index < -0.39 is 0 Å². The first-order valence-corrected chi connectivity index (χ1v) is 8.70.